The molecule has 0 saturated heterocycles. The van der Waals surface area contributed by atoms with Gasteiger partial charge >= 0.3 is 6.03 Å². The molecule has 3 amide bonds. The fourth-order valence-corrected chi connectivity index (χ4v) is 8.97. The number of nitrogens with one attached hydrogen (secondary N) is 7. The third-order valence-corrected chi connectivity index (χ3v) is 11.8. The Hall–Kier alpha value is -4.20. The number of amides is 3. The monoisotopic (exact) mass is 775 g/mol. The van der Waals surface area contributed by atoms with Crippen molar-refractivity contribution >= 4 is 68.0 Å². The molecule has 1 heterocycles. The summed E-state index contributed by atoms with van der Waals surface area (Å²) in [6, 6.07) is 10.7. The second kappa shape index (κ2) is 21.4. The van der Waals surface area contributed by atoms with E-state index in [0.29, 0.717) is 95.9 Å². The molecule has 0 aliphatic heterocycles. The second-order valence-corrected chi connectivity index (χ2v) is 15.6. The van der Waals surface area contributed by atoms with Gasteiger partial charge in [-0.1, -0.05) is 18.6 Å². The number of nitrogen functional groups attached to an aromatic ring is 1. The number of thioether (sulfide) groups is 1. The van der Waals surface area contributed by atoms with E-state index in [-0.39, 0.29) is 27.5 Å². The molecule has 3 aromatic rings. The third kappa shape index (κ3) is 13.1. The summed E-state index contributed by atoms with van der Waals surface area (Å²) >= 11 is 2.41. The predicted octanol–water partition coefficient (Wildman–Crippen LogP) is 3.92. The van der Waals surface area contributed by atoms with E-state index in [2.05, 4.69) is 26.6 Å². The standard InChI is InChI=1S/C34H49N9O6S3/c1-22-18-24(42-33(37)38)20-26(43-34(45)41-11-6-4-5-10-29(44)40-13-15-49-17-16-48-14-12-39-2)30(22)23-8-7-9-25(19-23)52(46,47)28-21-27(31(35)36)51-32(28)50-3/h7-9,18-21,39H,4-6,10-17H2,1-3H3,(H3,35,36)(H,40,44)(H4,37,38,42)(H2,41,43,45). The number of hydrogen-bond donors (Lipinski definition) is 9. The van der Waals surface area contributed by atoms with Gasteiger partial charge in [0.15, 0.2) is 5.96 Å². The normalized spacial score (nSPS) is 11.2. The Morgan fingerprint density at radius 3 is 2.31 bits per heavy atom. The van der Waals surface area contributed by atoms with Gasteiger partial charge < -0.3 is 47.5 Å². The van der Waals surface area contributed by atoms with Crippen molar-refractivity contribution in [3.63, 3.8) is 0 Å². The summed E-state index contributed by atoms with van der Waals surface area (Å²) in [5.41, 5.74) is 13.9. The lowest BCUT2D eigenvalue weighted by atomic mass is 9.97. The van der Waals surface area contributed by atoms with E-state index in [4.69, 9.17) is 31.8 Å². The highest BCUT2D eigenvalue weighted by atomic mass is 32.2. The van der Waals surface area contributed by atoms with Crippen molar-refractivity contribution in [2.45, 2.75) is 46.6 Å². The molecule has 0 spiro atoms. The number of thiophene rings is 1. The van der Waals surface area contributed by atoms with Crippen LogP contribution in [0.4, 0.5) is 16.2 Å². The highest BCUT2D eigenvalue weighted by Gasteiger charge is 2.26. The summed E-state index contributed by atoms with van der Waals surface area (Å²) in [4.78, 5) is 25.7. The van der Waals surface area contributed by atoms with Crippen LogP contribution in [0.3, 0.4) is 0 Å². The van der Waals surface area contributed by atoms with Crippen LogP contribution in [0.1, 0.15) is 36.1 Å². The number of urea groups is 1. The van der Waals surface area contributed by atoms with Gasteiger partial charge in [0.25, 0.3) is 0 Å². The van der Waals surface area contributed by atoms with Crippen molar-refractivity contribution in [1.29, 1.82) is 10.8 Å². The number of guanidine groups is 1. The van der Waals surface area contributed by atoms with Crippen LogP contribution in [0, 0.1) is 17.7 Å². The number of benzene rings is 2. The van der Waals surface area contributed by atoms with E-state index in [1.54, 1.807) is 43.5 Å². The lowest BCUT2D eigenvalue weighted by Gasteiger charge is -2.18. The summed E-state index contributed by atoms with van der Waals surface area (Å²) < 4.78 is 39.0. The van der Waals surface area contributed by atoms with Gasteiger partial charge in [-0.25, -0.2) is 13.2 Å². The first-order chi connectivity index (χ1) is 24.9. The first kappa shape index (κ1) is 42.2. The highest BCUT2D eigenvalue weighted by Crippen LogP contribution is 2.39. The quantitative estimate of drug-likeness (QED) is 0.0306. The van der Waals surface area contributed by atoms with E-state index >= 15 is 0 Å². The number of carbonyl (C=O) groups excluding carboxylic acids is 2. The molecule has 0 bridgehead atoms. The minimum Gasteiger partial charge on any atom is -0.383 e. The van der Waals surface area contributed by atoms with Gasteiger partial charge in [-0.3, -0.25) is 15.6 Å². The van der Waals surface area contributed by atoms with Gasteiger partial charge in [0.1, 0.15) is 5.84 Å². The average Bonchev–Trinajstić information content (AvgIpc) is 3.55. The zero-order valence-corrected chi connectivity index (χ0v) is 32.1. The average molecular weight is 776 g/mol. The Labute approximate surface area is 313 Å². The topological polar surface area (TPSA) is 247 Å². The summed E-state index contributed by atoms with van der Waals surface area (Å²) in [6.45, 7) is 5.40. The number of aryl methyl sites for hydroxylation is 1. The highest BCUT2D eigenvalue weighted by molar-refractivity contribution is 8.01. The fraction of sp³-hybridized carbons (Fsp3) is 0.412. The number of amidine groups is 1. The minimum atomic E-state index is -3.99. The maximum absolute atomic E-state index is 13.8. The van der Waals surface area contributed by atoms with E-state index in [0.717, 1.165) is 24.3 Å². The molecule has 3 rings (SSSR count). The van der Waals surface area contributed by atoms with Gasteiger partial charge in [0.2, 0.25) is 15.7 Å². The van der Waals surface area contributed by atoms with Crippen LogP contribution >= 0.6 is 23.1 Å². The number of hydrogen-bond acceptors (Lipinski definition) is 11. The first-order valence-corrected chi connectivity index (χ1v) is 20.1. The molecule has 18 heteroatoms. The zero-order valence-electron chi connectivity index (χ0n) is 29.6. The molecular formula is C34H49N9O6S3. The van der Waals surface area contributed by atoms with Crippen LogP contribution in [0.25, 0.3) is 11.1 Å². The molecule has 0 atom stereocenters. The molecule has 52 heavy (non-hydrogen) atoms. The molecule has 0 aliphatic carbocycles. The Morgan fingerprint density at radius 1 is 0.904 bits per heavy atom. The predicted molar refractivity (Wildman–Crippen MR) is 209 cm³/mol. The summed E-state index contributed by atoms with van der Waals surface area (Å²) in [5, 5.41) is 29.7. The number of likely N-dealkylation sites (N-methyl/N-ethyl adjacent to an activating group) is 1. The Kier molecular flexibility index (Phi) is 17.3. The minimum absolute atomic E-state index is 0.0392. The van der Waals surface area contributed by atoms with Crippen molar-refractivity contribution in [1.82, 2.24) is 16.0 Å². The molecule has 0 fully saturated rings. The lowest BCUT2D eigenvalue weighted by Crippen LogP contribution is -2.30. The molecule has 0 saturated carbocycles. The largest absolute Gasteiger partial charge is 0.383 e. The number of anilines is 2. The summed E-state index contributed by atoms with van der Waals surface area (Å²) in [7, 11) is -2.13. The van der Waals surface area contributed by atoms with Gasteiger partial charge in [-0.2, -0.15) is 0 Å². The number of unbranched alkanes of at least 4 members (excludes halogenated alkanes) is 2. The molecule has 284 valence electrons. The van der Waals surface area contributed by atoms with E-state index in [1.165, 1.54) is 23.9 Å². The van der Waals surface area contributed by atoms with E-state index in [1.807, 2.05) is 7.05 Å². The van der Waals surface area contributed by atoms with Crippen LogP contribution < -0.4 is 38.1 Å². The van der Waals surface area contributed by atoms with Gasteiger partial charge in [0.05, 0.1) is 51.0 Å². The third-order valence-electron chi connectivity index (χ3n) is 7.51. The van der Waals surface area contributed by atoms with Crippen molar-refractivity contribution in [2.24, 2.45) is 11.5 Å². The first-order valence-electron chi connectivity index (χ1n) is 16.6. The maximum Gasteiger partial charge on any atom is 0.319 e. The van der Waals surface area contributed by atoms with Gasteiger partial charge in [-0.05, 0) is 74.5 Å². The molecule has 0 aliphatic rings. The van der Waals surface area contributed by atoms with E-state index in [9.17, 15) is 18.0 Å². The van der Waals surface area contributed by atoms with Crippen molar-refractivity contribution < 1.29 is 27.5 Å². The Bertz CT molecular complexity index is 1800. The van der Waals surface area contributed by atoms with Crippen molar-refractivity contribution in [3.8, 4) is 11.1 Å². The number of rotatable bonds is 22. The fourth-order valence-electron chi connectivity index (χ4n) is 5.07. The number of carbonyl (C=O) groups is 2. The molecule has 2 aromatic carbocycles. The SMILES string of the molecule is CNCCOCCOCCNC(=O)CCCCCNC(=O)Nc1cc(NC(=N)N)cc(C)c1-c1cccc(S(=O)(=O)c2cc(C(=N)N)sc2SC)c1. The van der Waals surface area contributed by atoms with Gasteiger partial charge in [-0.15, -0.1) is 23.1 Å². The number of nitrogens with two attached hydrogens (primary N) is 2. The van der Waals surface area contributed by atoms with Crippen LogP contribution in [-0.2, 0) is 24.1 Å². The second-order valence-electron chi connectivity index (χ2n) is 11.5. The summed E-state index contributed by atoms with van der Waals surface area (Å²) in [5.74, 6) is -0.554. The molecule has 11 N–H and O–H groups in total. The zero-order chi connectivity index (χ0) is 38.1. The molecule has 1 aromatic heterocycles. The van der Waals surface area contributed by atoms with E-state index < -0.39 is 15.9 Å². The summed E-state index contributed by atoms with van der Waals surface area (Å²) in [6.07, 6.45) is 4.18. The van der Waals surface area contributed by atoms with Crippen molar-refractivity contribution in [3.05, 3.63) is 52.9 Å². The molecule has 15 nitrogen and oxygen atoms in total. The number of sulfone groups is 1. The Balaban J connectivity index is 1.61. The van der Waals surface area contributed by atoms with Crippen LogP contribution in [0.5, 0.6) is 0 Å². The van der Waals surface area contributed by atoms with Crippen LogP contribution in [0.2, 0.25) is 0 Å². The maximum atomic E-state index is 13.8. The van der Waals surface area contributed by atoms with Crippen LogP contribution in [-0.4, -0.2) is 91.5 Å². The number of ether oxygens (including phenoxy) is 2. The molecular weight excluding hydrogens is 727 g/mol. The molecule has 0 radical (unpaired) electrons. The molecule has 0 unspecified atom stereocenters. The van der Waals surface area contributed by atoms with Crippen LogP contribution in [0.15, 0.2) is 56.5 Å². The van der Waals surface area contributed by atoms with Crippen molar-refractivity contribution in [2.75, 3.05) is 70.0 Å². The Morgan fingerprint density at radius 2 is 1.63 bits per heavy atom. The smallest absolute Gasteiger partial charge is 0.319 e. The van der Waals surface area contributed by atoms with Gasteiger partial charge in [0, 0.05) is 37.3 Å². The lowest BCUT2D eigenvalue weighted by molar-refractivity contribution is -0.121.